The van der Waals surface area contributed by atoms with Crippen LogP contribution in [0.5, 0.6) is 0 Å². The van der Waals surface area contributed by atoms with Crippen LogP contribution in [0.15, 0.2) is 6.08 Å². The summed E-state index contributed by atoms with van der Waals surface area (Å²) in [4.78, 5) is 0. The molecule has 0 fully saturated rings. The second kappa shape index (κ2) is 2.09. The molecular weight excluding hydrogens is 90.1 g/mol. The maximum Gasteiger partial charge on any atom is 0.127 e. The van der Waals surface area contributed by atoms with Crippen LogP contribution in [-0.4, -0.2) is 19.9 Å². The van der Waals surface area contributed by atoms with Crippen molar-refractivity contribution < 1.29 is 4.74 Å². The fourth-order valence-electron chi connectivity index (χ4n) is 0.536. The van der Waals surface area contributed by atoms with E-state index in [9.17, 15) is 0 Å². The predicted octanol–water partition coefficient (Wildman–Crippen LogP) is -0.0785. The van der Waals surface area contributed by atoms with Gasteiger partial charge in [0.25, 0.3) is 0 Å². The fourth-order valence-corrected chi connectivity index (χ4v) is 0.536. The van der Waals surface area contributed by atoms with Crippen molar-refractivity contribution in [1.82, 2.24) is 5.32 Å². The van der Waals surface area contributed by atoms with Crippen LogP contribution in [0.2, 0.25) is 0 Å². The van der Waals surface area contributed by atoms with E-state index in [2.05, 4.69) is 11.4 Å². The molecule has 7 heavy (non-hydrogen) atoms. The van der Waals surface area contributed by atoms with Gasteiger partial charge in [-0.25, -0.2) is 0 Å². The van der Waals surface area contributed by atoms with E-state index in [0.29, 0.717) is 0 Å². The molecule has 0 spiro atoms. The number of hydrogen-bond donors (Lipinski definition) is 1. The molecule has 1 radical (unpaired) electrons. The molecular formula is C5H8NO. The predicted molar refractivity (Wildman–Crippen MR) is 26.6 cm³/mol. The molecule has 0 bridgehead atoms. The molecule has 39 valence electrons. The van der Waals surface area contributed by atoms with Gasteiger partial charge in [0.15, 0.2) is 0 Å². The molecule has 1 heterocycles. The molecule has 0 aromatic rings. The van der Waals surface area contributed by atoms with Gasteiger partial charge in [0, 0.05) is 13.7 Å². The number of nitrogens with one attached hydrogen (secondary N) is 1. The zero-order valence-electron chi connectivity index (χ0n) is 4.27. The third kappa shape index (κ3) is 1.01. The van der Waals surface area contributed by atoms with Gasteiger partial charge in [-0.3, -0.25) is 5.32 Å². The molecule has 0 saturated heterocycles. The average molecular weight is 98.1 g/mol. The molecule has 1 unspecified atom stereocenters. The third-order valence-electron chi connectivity index (χ3n) is 0.928. The fraction of sp³-hybridized carbons (Fsp3) is 0.600. The lowest BCUT2D eigenvalue weighted by Gasteiger charge is -2.02. The van der Waals surface area contributed by atoms with Crippen molar-refractivity contribution in [3.05, 3.63) is 12.2 Å². The normalized spacial score (nSPS) is 29.0. The molecule has 1 N–H and O–H groups in total. The summed E-state index contributed by atoms with van der Waals surface area (Å²) >= 11 is 0. The average Bonchev–Trinajstić information content (AvgIpc) is 2.14. The first-order valence-electron chi connectivity index (χ1n) is 2.26. The SMILES string of the molecule is COC1C=[C]CN1. The monoisotopic (exact) mass is 98.1 g/mol. The van der Waals surface area contributed by atoms with E-state index in [1.54, 1.807) is 7.11 Å². The quantitative estimate of drug-likeness (QED) is 0.495. The smallest absolute Gasteiger partial charge is 0.127 e. The van der Waals surface area contributed by atoms with Crippen molar-refractivity contribution in [2.24, 2.45) is 0 Å². The Bertz CT molecular complexity index is 80.1. The molecule has 0 aromatic carbocycles. The Kier molecular flexibility index (Phi) is 1.44. The molecule has 2 nitrogen and oxygen atoms in total. The second-order valence-corrected chi connectivity index (χ2v) is 1.41. The van der Waals surface area contributed by atoms with Crippen molar-refractivity contribution >= 4 is 0 Å². The Balaban J connectivity index is 2.28. The van der Waals surface area contributed by atoms with Crippen LogP contribution in [0.4, 0.5) is 0 Å². The summed E-state index contributed by atoms with van der Waals surface area (Å²) in [5, 5.41) is 3.02. The Morgan fingerprint density at radius 2 is 2.86 bits per heavy atom. The first-order chi connectivity index (χ1) is 3.43. The maximum absolute atomic E-state index is 4.88. The first kappa shape index (κ1) is 4.81. The highest BCUT2D eigenvalue weighted by atomic mass is 16.5. The summed E-state index contributed by atoms with van der Waals surface area (Å²) in [5.41, 5.74) is 0. The van der Waals surface area contributed by atoms with E-state index >= 15 is 0 Å². The molecule has 0 saturated carbocycles. The van der Waals surface area contributed by atoms with Crippen LogP contribution in [0.3, 0.4) is 0 Å². The van der Waals surface area contributed by atoms with E-state index in [4.69, 9.17) is 4.74 Å². The van der Waals surface area contributed by atoms with Crippen LogP contribution in [-0.2, 0) is 4.74 Å². The Morgan fingerprint density at radius 1 is 2.00 bits per heavy atom. The van der Waals surface area contributed by atoms with E-state index in [1.165, 1.54) is 0 Å². The molecule has 1 aliphatic rings. The van der Waals surface area contributed by atoms with Gasteiger partial charge in [0.2, 0.25) is 0 Å². The van der Waals surface area contributed by atoms with Gasteiger partial charge in [-0.1, -0.05) is 0 Å². The van der Waals surface area contributed by atoms with Crippen LogP contribution < -0.4 is 5.32 Å². The first-order valence-corrected chi connectivity index (χ1v) is 2.26. The lowest BCUT2D eigenvalue weighted by atomic mass is 10.5. The summed E-state index contributed by atoms with van der Waals surface area (Å²) < 4.78 is 4.88. The number of rotatable bonds is 1. The Labute approximate surface area is 43.2 Å². The van der Waals surface area contributed by atoms with Crippen LogP contribution >= 0.6 is 0 Å². The summed E-state index contributed by atoms with van der Waals surface area (Å²) in [7, 11) is 1.67. The van der Waals surface area contributed by atoms with E-state index in [1.807, 2.05) is 6.08 Å². The van der Waals surface area contributed by atoms with Crippen molar-refractivity contribution in [3.63, 3.8) is 0 Å². The molecule has 1 aliphatic heterocycles. The highest BCUT2D eigenvalue weighted by Crippen LogP contribution is 1.91. The summed E-state index contributed by atoms with van der Waals surface area (Å²) in [5.74, 6) is 0. The van der Waals surface area contributed by atoms with Crippen molar-refractivity contribution in [3.8, 4) is 0 Å². The molecule has 1 atom stereocenters. The minimum absolute atomic E-state index is 0.111. The van der Waals surface area contributed by atoms with Crippen molar-refractivity contribution in [2.45, 2.75) is 6.23 Å². The van der Waals surface area contributed by atoms with Gasteiger partial charge in [0.1, 0.15) is 6.23 Å². The summed E-state index contributed by atoms with van der Waals surface area (Å²) in [6, 6.07) is 0. The third-order valence-corrected chi connectivity index (χ3v) is 0.928. The molecule has 0 aromatic heterocycles. The second-order valence-electron chi connectivity index (χ2n) is 1.41. The van der Waals surface area contributed by atoms with Gasteiger partial charge < -0.3 is 4.74 Å². The molecule has 1 rings (SSSR count). The number of ether oxygens (including phenoxy) is 1. The van der Waals surface area contributed by atoms with E-state index < -0.39 is 0 Å². The molecule has 0 amide bonds. The van der Waals surface area contributed by atoms with Gasteiger partial charge in [0.05, 0.1) is 0 Å². The van der Waals surface area contributed by atoms with Gasteiger partial charge in [-0.05, 0) is 12.2 Å². The summed E-state index contributed by atoms with van der Waals surface area (Å²) in [6.45, 7) is 0.818. The Hall–Kier alpha value is -0.340. The van der Waals surface area contributed by atoms with Crippen LogP contribution in [0, 0.1) is 6.08 Å². The lowest BCUT2D eigenvalue weighted by molar-refractivity contribution is 0.123. The van der Waals surface area contributed by atoms with Crippen LogP contribution in [0.1, 0.15) is 0 Å². The van der Waals surface area contributed by atoms with Gasteiger partial charge >= 0.3 is 0 Å². The maximum atomic E-state index is 4.88. The highest BCUT2D eigenvalue weighted by molar-refractivity contribution is 4.90. The van der Waals surface area contributed by atoms with Crippen molar-refractivity contribution in [2.75, 3.05) is 13.7 Å². The van der Waals surface area contributed by atoms with E-state index in [-0.39, 0.29) is 6.23 Å². The minimum Gasteiger partial charge on any atom is -0.363 e. The van der Waals surface area contributed by atoms with Gasteiger partial charge in [-0.15, -0.1) is 0 Å². The molecule has 0 aliphatic carbocycles. The topological polar surface area (TPSA) is 21.3 Å². The zero-order valence-corrected chi connectivity index (χ0v) is 4.27. The standard InChI is InChI=1S/C5H8NO/c1-7-5-3-2-4-6-5/h3,5-6H,4H2,1H3. The zero-order chi connectivity index (χ0) is 5.11. The van der Waals surface area contributed by atoms with Gasteiger partial charge in [-0.2, -0.15) is 0 Å². The number of hydrogen-bond acceptors (Lipinski definition) is 2. The highest BCUT2D eigenvalue weighted by Gasteiger charge is 2.03. The molecule has 2 heteroatoms. The lowest BCUT2D eigenvalue weighted by Crippen LogP contribution is -2.23. The minimum atomic E-state index is 0.111. The number of methoxy groups -OCH3 is 1. The van der Waals surface area contributed by atoms with E-state index in [0.717, 1.165) is 6.54 Å². The largest absolute Gasteiger partial charge is 0.363 e. The van der Waals surface area contributed by atoms with Crippen LogP contribution in [0.25, 0.3) is 0 Å². The van der Waals surface area contributed by atoms with Crippen molar-refractivity contribution in [1.29, 1.82) is 0 Å². The summed E-state index contributed by atoms with van der Waals surface area (Å²) in [6.07, 6.45) is 4.95. The Morgan fingerprint density at radius 3 is 3.14 bits per heavy atom.